The van der Waals surface area contributed by atoms with Gasteiger partial charge in [0.05, 0.1) is 6.10 Å². The van der Waals surface area contributed by atoms with Gasteiger partial charge in [0.25, 0.3) is 0 Å². The molecule has 64 valence electrons. The molecular formula is C7H15N3O. The maximum Gasteiger partial charge on any atom is 0.193 e. The van der Waals surface area contributed by atoms with Crippen LogP contribution in [0.5, 0.6) is 0 Å². The molecule has 1 rings (SSSR count). The third-order valence-electron chi connectivity index (χ3n) is 1.90. The van der Waals surface area contributed by atoms with Crippen LogP contribution >= 0.6 is 0 Å². The van der Waals surface area contributed by atoms with Crippen LogP contribution in [-0.2, 0) is 0 Å². The van der Waals surface area contributed by atoms with Gasteiger partial charge in [0.15, 0.2) is 5.96 Å². The van der Waals surface area contributed by atoms with Crippen LogP contribution in [0.1, 0.15) is 6.42 Å². The average Bonchev–Trinajstić information content (AvgIpc) is 2.39. The van der Waals surface area contributed by atoms with Gasteiger partial charge in [-0.2, -0.15) is 0 Å². The first-order valence-electron chi connectivity index (χ1n) is 3.85. The summed E-state index contributed by atoms with van der Waals surface area (Å²) in [6, 6.07) is 0. The predicted octanol–water partition coefficient (Wildman–Crippen LogP) is -0.742. The number of nitrogens with zero attached hydrogens (tertiary/aromatic N) is 2. The summed E-state index contributed by atoms with van der Waals surface area (Å²) in [4.78, 5) is 6.09. The smallest absolute Gasteiger partial charge is 0.193 e. The highest BCUT2D eigenvalue weighted by Crippen LogP contribution is 2.07. The summed E-state index contributed by atoms with van der Waals surface area (Å²) in [6.45, 7) is 1.60. The number of rotatable bonds is 0. The highest BCUT2D eigenvalue weighted by molar-refractivity contribution is 5.79. The second-order valence-electron chi connectivity index (χ2n) is 2.69. The fourth-order valence-corrected chi connectivity index (χ4v) is 1.35. The molecule has 0 aromatic heterocycles. The van der Waals surface area contributed by atoms with Crippen molar-refractivity contribution >= 4 is 5.96 Å². The van der Waals surface area contributed by atoms with Gasteiger partial charge >= 0.3 is 0 Å². The summed E-state index contributed by atoms with van der Waals surface area (Å²) < 4.78 is 0. The molecule has 0 bridgehead atoms. The molecule has 1 aliphatic heterocycles. The van der Waals surface area contributed by atoms with Crippen molar-refractivity contribution in [1.82, 2.24) is 10.2 Å². The molecule has 4 heteroatoms. The Morgan fingerprint density at radius 1 is 1.73 bits per heavy atom. The van der Waals surface area contributed by atoms with Crippen LogP contribution in [0.2, 0.25) is 0 Å². The van der Waals surface area contributed by atoms with Crippen molar-refractivity contribution in [1.29, 1.82) is 0 Å². The average molecular weight is 157 g/mol. The first kappa shape index (κ1) is 8.33. The Balaban J connectivity index is 2.48. The fourth-order valence-electron chi connectivity index (χ4n) is 1.35. The van der Waals surface area contributed by atoms with Gasteiger partial charge in [-0.3, -0.25) is 4.99 Å². The Kier molecular flexibility index (Phi) is 2.70. The molecule has 1 atom stereocenters. The van der Waals surface area contributed by atoms with Crippen LogP contribution in [-0.4, -0.2) is 49.3 Å². The summed E-state index contributed by atoms with van der Waals surface area (Å²) in [5, 5.41) is 12.2. The Hall–Kier alpha value is -0.770. The van der Waals surface area contributed by atoms with Crippen LogP contribution in [0.4, 0.5) is 0 Å². The largest absolute Gasteiger partial charge is 0.391 e. The maximum absolute atomic E-state index is 9.22. The minimum absolute atomic E-state index is 0.180. The highest BCUT2D eigenvalue weighted by Gasteiger charge is 2.21. The highest BCUT2D eigenvalue weighted by atomic mass is 16.3. The van der Waals surface area contributed by atoms with Crippen LogP contribution < -0.4 is 5.32 Å². The first-order valence-corrected chi connectivity index (χ1v) is 3.85. The zero-order chi connectivity index (χ0) is 8.27. The first-order chi connectivity index (χ1) is 5.27. The topological polar surface area (TPSA) is 47.9 Å². The second kappa shape index (κ2) is 3.57. The molecule has 1 aliphatic rings. The summed E-state index contributed by atoms with van der Waals surface area (Å²) in [7, 11) is 3.59. The maximum atomic E-state index is 9.22. The lowest BCUT2D eigenvalue weighted by Gasteiger charge is -2.18. The molecule has 11 heavy (non-hydrogen) atoms. The molecule has 0 aliphatic carbocycles. The number of likely N-dealkylation sites (tertiary alicyclic amines) is 1. The molecule has 0 aromatic rings. The molecule has 4 nitrogen and oxygen atoms in total. The monoisotopic (exact) mass is 157 g/mol. The van der Waals surface area contributed by atoms with E-state index < -0.39 is 0 Å². The van der Waals surface area contributed by atoms with Gasteiger partial charge in [-0.25, -0.2) is 0 Å². The minimum Gasteiger partial charge on any atom is -0.391 e. The van der Waals surface area contributed by atoms with Crippen molar-refractivity contribution in [3.63, 3.8) is 0 Å². The SMILES string of the molecule is CN=C(NC)N1CC[C@H](O)C1. The molecule has 0 saturated carbocycles. The number of β-amino-alcohol motifs (C(OH)–C–C–N with tert-alkyl or cyclic N) is 1. The fraction of sp³-hybridized carbons (Fsp3) is 0.857. The Labute approximate surface area is 66.9 Å². The molecule has 0 spiro atoms. The van der Waals surface area contributed by atoms with E-state index >= 15 is 0 Å². The Morgan fingerprint density at radius 2 is 2.45 bits per heavy atom. The normalized spacial score (nSPS) is 25.9. The lowest BCUT2D eigenvalue weighted by Crippen LogP contribution is -2.38. The zero-order valence-electron chi connectivity index (χ0n) is 7.04. The molecule has 0 unspecified atom stereocenters. The van der Waals surface area contributed by atoms with Crippen molar-refractivity contribution < 1.29 is 5.11 Å². The van der Waals surface area contributed by atoms with Gasteiger partial charge in [-0.15, -0.1) is 0 Å². The van der Waals surface area contributed by atoms with Crippen molar-refractivity contribution in [2.75, 3.05) is 27.2 Å². The van der Waals surface area contributed by atoms with E-state index in [1.807, 2.05) is 11.9 Å². The quantitative estimate of drug-likeness (QED) is 0.359. The van der Waals surface area contributed by atoms with E-state index in [-0.39, 0.29) is 6.10 Å². The van der Waals surface area contributed by atoms with Crippen LogP contribution in [0.25, 0.3) is 0 Å². The van der Waals surface area contributed by atoms with Gasteiger partial charge in [0.2, 0.25) is 0 Å². The van der Waals surface area contributed by atoms with E-state index in [2.05, 4.69) is 10.3 Å². The van der Waals surface area contributed by atoms with E-state index in [0.717, 1.165) is 18.9 Å². The van der Waals surface area contributed by atoms with Crippen molar-refractivity contribution in [3.8, 4) is 0 Å². The second-order valence-corrected chi connectivity index (χ2v) is 2.69. The van der Waals surface area contributed by atoms with E-state index in [1.165, 1.54) is 0 Å². The molecular weight excluding hydrogens is 142 g/mol. The standard InChI is InChI=1S/C7H15N3O/c1-8-7(9-2)10-4-3-6(11)5-10/h6,11H,3-5H2,1-2H3,(H,8,9)/t6-/m0/s1. The van der Waals surface area contributed by atoms with E-state index in [0.29, 0.717) is 6.54 Å². The van der Waals surface area contributed by atoms with E-state index in [9.17, 15) is 5.11 Å². The lowest BCUT2D eigenvalue weighted by molar-refractivity contribution is 0.188. The molecule has 0 amide bonds. The van der Waals surface area contributed by atoms with Crippen LogP contribution in [0.15, 0.2) is 4.99 Å². The van der Waals surface area contributed by atoms with E-state index in [1.54, 1.807) is 7.05 Å². The Morgan fingerprint density at radius 3 is 2.82 bits per heavy atom. The van der Waals surface area contributed by atoms with Crippen molar-refractivity contribution in [2.45, 2.75) is 12.5 Å². The van der Waals surface area contributed by atoms with Gasteiger partial charge in [-0.1, -0.05) is 0 Å². The number of guanidine groups is 1. The Bertz CT molecular complexity index is 158. The summed E-state index contributed by atoms with van der Waals surface area (Å²) in [6.07, 6.45) is 0.667. The molecule has 1 heterocycles. The molecule has 1 saturated heterocycles. The number of hydrogen-bond acceptors (Lipinski definition) is 2. The van der Waals surface area contributed by atoms with Crippen LogP contribution in [0.3, 0.4) is 0 Å². The number of hydrogen-bond donors (Lipinski definition) is 2. The third kappa shape index (κ3) is 1.83. The molecule has 0 radical (unpaired) electrons. The zero-order valence-corrected chi connectivity index (χ0v) is 7.04. The number of aliphatic hydroxyl groups is 1. The third-order valence-corrected chi connectivity index (χ3v) is 1.90. The van der Waals surface area contributed by atoms with Gasteiger partial charge < -0.3 is 15.3 Å². The molecule has 0 aromatic carbocycles. The summed E-state index contributed by atoms with van der Waals surface area (Å²) in [5.41, 5.74) is 0. The lowest BCUT2D eigenvalue weighted by atomic mass is 10.3. The predicted molar refractivity (Wildman–Crippen MR) is 44.6 cm³/mol. The molecule has 2 N–H and O–H groups in total. The van der Waals surface area contributed by atoms with Crippen molar-refractivity contribution in [3.05, 3.63) is 0 Å². The molecule has 1 fully saturated rings. The van der Waals surface area contributed by atoms with Crippen molar-refractivity contribution in [2.24, 2.45) is 4.99 Å². The number of aliphatic imine (C=N–C) groups is 1. The van der Waals surface area contributed by atoms with E-state index in [4.69, 9.17) is 0 Å². The van der Waals surface area contributed by atoms with Gasteiger partial charge in [0, 0.05) is 27.2 Å². The minimum atomic E-state index is -0.180. The van der Waals surface area contributed by atoms with Gasteiger partial charge in [-0.05, 0) is 6.42 Å². The summed E-state index contributed by atoms with van der Waals surface area (Å²) in [5.74, 6) is 0.863. The summed E-state index contributed by atoms with van der Waals surface area (Å²) >= 11 is 0. The number of nitrogens with one attached hydrogen (secondary N) is 1. The number of aliphatic hydroxyl groups excluding tert-OH is 1. The van der Waals surface area contributed by atoms with Gasteiger partial charge in [0.1, 0.15) is 0 Å². The van der Waals surface area contributed by atoms with Crippen LogP contribution in [0, 0.1) is 0 Å².